The zero-order valence-corrected chi connectivity index (χ0v) is 16.3. The summed E-state index contributed by atoms with van der Waals surface area (Å²) in [4.78, 5) is 36.1. The van der Waals surface area contributed by atoms with E-state index in [-0.39, 0.29) is 75.8 Å². The van der Waals surface area contributed by atoms with Gasteiger partial charge >= 0.3 is 62.3 Å². The van der Waals surface area contributed by atoms with Crippen LogP contribution in [0.25, 0.3) is 0 Å². The maximum Gasteiger partial charge on any atom is 1.00 e. The van der Waals surface area contributed by atoms with Crippen molar-refractivity contribution >= 4 is 11.9 Å². The van der Waals surface area contributed by atoms with E-state index in [1.54, 1.807) is 0 Å². The molecule has 4 atom stereocenters. The summed E-state index contributed by atoms with van der Waals surface area (Å²) in [5, 5.41) is 52.4. The van der Waals surface area contributed by atoms with Gasteiger partial charge in [0, 0.05) is 6.20 Å². The van der Waals surface area contributed by atoms with Crippen molar-refractivity contribution in [2.75, 3.05) is 0 Å². The molecule has 14 heteroatoms. The number of aliphatic hydroxyl groups is 2. The normalized spacial score (nSPS) is 23.3. The van der Waals surface area contributed by atoms with E-state index < -0.39 is 53.6 Å². The molecule has 142 valence electrons. The van der Waals surface area contributed by atoms with Crippen molar-refractivity contribution in [3.05, 3.63) is 34.4 Å². The minimum absolute atomic E-state index is 0. The third-order valence-corrected chi connectivity index (χ3v) is 3.90. The number of aliphatic hydroxyl groups excluding tert-OH is 2. The number of aromatic nitrogens is 2. The predicted molar refractivity (Wildman–Crippen MR) is 75.8 cm³/mol. The fraction of sp³-hybridized carbons (Fsp3) is 0.467. The molecule has 2 rings (SSSR count). The Kier molecular flexibility index (Phi) is 13.9. The van der Waals surface area contributed by atoms with Crippen molar-refractivity contribution in [2.24, 2.45) is 0 Å². The molecule has 29 heavy (non-hydrogen) atoms. The molecule has 2 heterocycles. The van der Waals surface area contributed by atoms with Crippen LogP contribution in [0.15, 0.2) is 28.7 Å². The van der Waals surface area contributed by atoms with Crippen molar-refractivity contribution in [3.63, 3.8) is 0 Å². The van der Waals surface area contributed by atoms with E-state index in [2.05, 4.69) is 4.98 Å². The van der Waals surface area contributed by atoms with Gasteiger partial charge in [-0.25, -0.2) is 9.78 Å². The van der Waals surface area contributed by atoms with Crippen LogP contribution in [0, 0.1) is 0 Å². The number of aliphatic carboxylic acids is 2. The Hall–Kier alpha value is -0.968. The Labute approximate surface area is 201 Å². The first kappa shape index (κ1) is 30.2. The molecule has 1 saturated heterocycles. The molecule has 0 saturated carbocycles. The SMILES string of the molecule is O=C([O-])/C=C(/CCC[C@H]1O[C@@H](n2ccc([O-])nc2=O)[C@H](O)[C@@H]1O)C(=O)[O-].[Li+].[Li+].[Li+]. The molecule has 1 aliphatic rings. The molecule has 0 spiro atoms. The van der Waals surface area contributed by atoms with Crippen molar-refractivity contribution in [2.45, 2.75) is 43.8 Å². The summed E-state index contributed by atoms with van der Waals surface area (Å²) >= 11 is 0. The van der Waals surface area contributed by atoms with E-state index in [0.29, 0.717) is 6.08 Å². The molecule has 0 radical (unpaired) electrons. The third kappa shape index (κ3) is 7.99. The minimum atomic E-state index is -1.68. The fourth-order valence-corrected chi connectivity index (χ4v) is 2.66. The van der Waals surface area contributed by atoms with Gasteiger partial charge < -0.3 is 39.9 Å². The summed E-state index contributed by atoms with van der Waals surface area (Å²) in [5.41, 5.74) is -1.44. The van der Waals surface area contributed by atoms with Crippen molar-refractivity contribution in [1.82, 2.24) is 9.55 Å². The maximum absolute atomic E-state index is 11.7. The third-order valence-electron chi connectivity index (χ3n) is 3.90. The fourth-order valence-electron chi connectivity index (χ4n) is 2.66. The van der Waals surface area contributed by atoms with Gasteiger partial charge in [-0.1, -0.05) is 0 Å². The van der Waals surface area contributed by atoms with Gasteiger partial charge in [0.2, 0.25) is 0 Å². The first-order valence-corrected chi connectivity index (χ1v) is 7.61. The molecule has 1 aromatic heterocycles. The van der Waals surface area contributed by atoms with Crippen LogP contribution in [0.4, 0.5) is 0 Å². The van der Waals surface area contributed by atoms with E-state index in [1.165, 1.54) is 0 Å². The van der Waals surface area contributed by atoms with Gasteiger partial charge in [-0.15, -0.1) is 0 Å². The Morgan fingerprint density at radius 3 is 2.34 bits per heavy atom. The number of carbonyl (C=O) groups is 2. The van der Waals surface area contributed by atoms with E-state index in [9.17, 15) is 39.9 Å². The number of ether oxygens (including phenoxy) is 1. The molecule has 0 bridgehead atoms. The zero-order chi connectivity index (χ0) is 19.4. The quantitative estimate of drug-likeness (QED) is 0.335. The topological polar surface area (TPSA) is 188 Å². The van der Waals surface area contributed by atoms with Crippen LogP contribution in [-0.4, -0.2) is 50.0 Å². The molecule has 11 nitrogen and oxygen atoms in total. The average molecular weight is 388 g/mol. The summed E-state index contributed by atoms with van der Waals surface area (Å²) in [6.07, 6.45) is -3.60. The number of carboxylic acids is 2. The molecule has 0 aliphatic carbocycles. The van der Waals surface area contributed by atoms with E-state index in [1.807, 2.05) is 0 Å². The largest absolute Gasteiger partial charge is 1.00 e. The van der Waals surface area contributed by atoms with Gasteiger partial charge in [-0.3, -0.25) is 4.57 Å². The van der Waals surface area contributed by atoms with Crippen LogP contribution in [0.2, 0.25) is 0 Å². The molecular formula is C15H15Li3N2O9. The second-order valence-electron chi connectivity index (χ2n) is 5.67. The van der Waals surface area contributed by atoms with Crippen LogP contribution in [0.5, 0.6) is 5.88 Å². The summed E-state index contributed by atoms with van der Waals surface area (Å²) in [6, 6.07) is 0.994. The summed E-state index contributed by atoms with van der Waals surface area (Å²) in [6.45, 7) is 0. The second-order valence-corrected chi connectivity index (χ2v) is 5.67. The molecular weight excluding hydrogens is 373 g/mol. The predicted octanol–water partition coefficient (Wildman–Crippen LogP) is -13.5. The van der Waals surface area contributed by atoms with Gasteiger partial charge in [-0.05, 0) is 42.9 Å². The second kappa shape index (κ2) is 13.4. The van der Waals surface area contributed by atoms with Crippen LogP contribution in [0.3, 0.4) is 0 Å². The molecule has 2 N–H and O–H groups in total. The molecule has 0 amide bonds. The van der Waals surface area contributed by atoms with Crippen LogP contribution >= 0.6 is 0 Å². The van der Waals surface area contributed by atoms with Crippen molar-refractivity contribution in [3.8, 4) is 5.88 Å². The molecule has 1 aromatic rings. The van der Waals surface area contributed by atoms with E-state index in [0.717, 1.165) is 16.8 Å². The van der Waals surface area contributed by atoms with Crippen molar-refractivity contribution in [1.29, 1.82) is 0 Å². The number of carboxylic acid groups (broad SMARTS) is 2. The summed E-state index contributed by atoms with van der Waals surface area (Å²) in [7, 11) is 0. The first-order chi connectivity index (χ1) is 12.2. The molecule has 0 aromatic carbocycles. The summed E-state index contributed by atoms with van der Waals surface area (Å²) in [5.74, 6) is -4.09. The van der Waals surface area contributed by atoms with Crippen molar-refractivity contribution < 1.29 is 96.4 Å². The Morgan fingerprint density at radius 2 is 1.83 bits per heavy atom. The van der Waals surface area contributed by atoms with E-state index >= 15 is 0 Å². The van der Waals surface area contributed by atoms with Gasteiger partial charge in [-0.2, -0.15) is 0 Å². The minimum Gasteiger partial charge on any atom is -0.858 e. The molecule has 1 fully saturated rings. The number of hydrogen-bond acceptors (Lipinski definition) is 10. The summed E-state index contributed by atoms with van der Waals surface area (Å²) < 4.78 is 6.28. The standard InChI is InChI=1S/C15H18N2O9.3Li/c18-9-4-5-17(15(25)16-9)13-12(22)11(21)8(26-13)3-1-2-7(14(23)24)6-10(19)20;;;/h4-6,8,11-13,21-22H,1-3H2,(H,19,20)(H,23,24)(H,16,18,25);;;/q;3*+1/p-3/b7-6-;;;/t8-,11-,12-,13-;;;/m1.../s1. The Balaban J connectivity index is 0. The zero-order valence-electron chi connectivity index (χ0n) is 16.3. The van der Waals surface area contributed by atoms with Gasteiger partial charge in [0.15, 0.2) is 6.23 Å². The average Bonchev–Trinajstić information content (AvgIpc) is 2.82. The molecule has 0 unspecified atom stereocenters. The smallest absolute Gasteiger partial charge is 0.858 e. The van der Waals surface area contributed by atoms with Crippen LogP contribution in [0.1, 0.15) is 25.5 Å². The Bertz CT molecular complexity index is 787. The number of rotatable bonds is 7. The van der Waals surface area contributed by atoms with Gasteiger partial charge in [0.25, 0.3) is 0 Å². The van der Waals surface area contributed by atoms with Gasteiger partial charge in [0.05, 0.1) is 18.0 Å². The van der Waals surface area contributed by atoms with Crippen LogP contribution < -0.4 is 77.6 Å². The number of carbonyl (C=O) groups excluding carboxylic acids is 2. The monoisotopic (exact) mass is 388 g/mol. The van der Waals surface area contributed by atoms with Crippen LogP contribution in [-0.2, 0) is 14.3 Å². The Morgan fingerprint density at radius 1 is 1.21 bits per heavy atom. The number of hydrogen-bond donors (Lipinski definition) is 2. The van der Waals surface area contributed by atoms with E-state index in [4.69, 9.17) is 4.74 Å². The first-order valence-electron chi connectivity index (χ1n) is 7.61. The molecule has 1 aliphatic heterocycles. The maximum atomic E-state index is 11.7. The van der Waals surface area contributed by atoms with Gasteiger partial charge in [0.1, 0.15) is 12.2 Å². The number of nitrogens with zero attached hydrogens (tertiary/aromatic N) is 2.